The highest BCUT2D eigenvalue weighted by Crippen LogP contribution is 2.32. The van der Waals surface area contributed by atoms with E-state index in [1.165, 1.54) is 18.2 Å². The van der Waals surface area contributed by atoms with Gasteiger partial charge in [-0.15, -0.1) is 12.4 Å². The molecule has 0 radical (unpaired) electrons. The zero-order chi connectivity index (χ0) is 12.5. The minimum absolute atomic E-state index is 0. The van der Waals surface area contributed by atoms with Crippen LogP contribution in [0.2, 0.25) is 5.02 Å². The Kier molecular flexibility index (Phi) is 5.88. The van der Waals surface area contributed by atoms with E-state index < -0.39 is 18.0 Å². The number of benzene rings is 1. The molecule has 0 aliphatic carbocycles. The van der Waals surface area contributed by atoms with E-state index in [-0.39, 0.29) is 22.8 Å². The summed E-state index contributed by atoms with van der Waals surface area (Å²) in [4.78, 5) is 0. The Labute approximate surface area is 112 Å². The maximum Gasteiger partial charge on any atom is 0.124 e. The number of aliphatic hydroxyl groups is 1. The van der Waals surface area contributed by atoms with Crippen LogP contribution in [0.5, 0.6) is 0 Å². The van der Waals surface area contributed by atoms with Crippen LogP contribution in [0.25, 0.3) is 0 Å². The highest BCUT2D eigenvalue weighted by atomic mass is 35.5. The fraction of sp³-hybridized carbons (Fsp3) is 0.500. The average molecular weight is 282 g/mol. The Morgan fingerprint density at radius 2 is 1.88 bits per heavy atom. The van der Waals surface area contributed by atoms with Crippen molar-refractivity contribution in [2.45, 2.75) is 32.9 Å². The zero-order valence-corrected chi connectivity index (χ0v) is 11.6. The fourth-order valence-corrected chi connectivity index (χ4v) is 1.77. The molecule has 0 spiro atoms. The molecule has 98 valence electrons. The standard InChI is InChI=1S/C12H17ClFNO.ClH/c1-12(2,3)11(16)10(15)8-5-4-7(14)6-9(8)13;/h4-6,10-11,16H,15H2,1-3H3;1H/t10-,11-;/m0./s1. The number of hydrogen-bond donors (Lipinski definition) is 2. The number of rotatable bonds is 2. The monoisotopic (exact) mass is 281 g/mol. The lowest BCUT2D eigenvalue weighted by Crippen LogP contribution is -2.37. The van der Waals surface area contributed by atoms with Gasteiger partial charge in [0.05, 0.1) is 12.1 Å². The Morgan fingerprint density at radius 3 is 2.29 bits per heavy atom. The van der Waals surface area contributed by atoms with E-state index in [0.717, 1.165) is 0 Å². The van der Waals surface area contributed by atoms with Crippen molar-refractivity contribution in [1.82, 2.24) is 0 Å². The third-order valence-corrected chi connectivity index (χ3v) is 2.88. The molecule has 5 heteroatoms. The first-order valence-electron chi connectivity index (χ1n) is 5.12. The molecule has 0 unspecified atom stereocenters. The van der Waals surface area contributed by atoms with Crippen LogP contribution in [0.15, 0.2) is 18.2 Å². The maximum absolute atomic E-state index is 12.9. The summed E-state index contributed by atoms with van der Waals surface area (Å²) in [6.45, 7) is 5.65. The lowest BCUT2D eigenvalue weighted by Gasteiger charge is -2.31. The second-order valence-corrected chi connectivity index (χ2v) is 5.41. The molecular formula is C12H18Cl2FNO. The lowest BCUT2D eigenvalue weighted by atomic mass is 9.82. The molecule has 3 N–H and O–H groups in total. The van der Waals surface area contributed by atoms with Gasteiger partial charge in [0, 0.05) is 5.02 Å². The van der Waals surface area contributed by atoms with Gasteiger partial charge >= 0.3 is 0 Å². The predicted molar refractivity (Wildman–Crippen MR) is 71.0 cm³/mol. The first-order chi connectivity index (χ1) is 7.23. The molecule has 1 rings (SSSR count). The van der Waals surface area contributed by atoms with Gasteiger partial charge in [0.2, 0.25) is 0 Å². The maximum atomic E-state index is 12.9. The molecule has 0 aromatic heterocycles. The van der Waals surface area contributed by atoms with Crippen molar-refractivity contribution in [3.05, 3.63) is 34.6 Å². The first kappa shape index (κ1) is 16.6. The SMILES string of the molecule is CC(C)(C)[C@@H](O)[C@@H](N)c1ccc(F)cc1Cl.Cl. The molecule has 0 fully saturated rings. The van der Waals surface area contributed by atoms with Crippen molar-refractivity contribution in [3.63, 3.8) is 0 Å². The quantitative estimate of drug-likeness (QED) is 0.874. The molecule has 1 aromatic carbocycles. The third-order valence-electron chi connectivity index (χ3n) is 2.55. The Hall–Kier alpha value is -0.350. The topological polar surface area (TPSA) is 46.2 Å². The molecule has 0 saturated carbocycles. The van der Waals surface area contributed by atoms with Gasteiger partial charge in [0.15, 0.2) is 0 Å². The Morgan fingerprint density at radius 1 is 1.35 bits per heavy atom. The third kappa shape index (κ3) is 4.11. The lowest BCUT2D eigenvalue weighted by molar-refractivity contribution is 0.0401. The second kappa shape index (κ2) is 6.01. The molecule has 0 saturated heterocycles. The summed E-state index contributed by atoms with van der Waals surface area (Å²) in [5.41, 5.74) is 6.13. The van der Waals surface area contributed by atoms with E-state index in [1.807, 2.05) is 20.8 Å². The molecule has 0 bridgehead atoms. The van der Waals surface area contributed by atoms with Crippen molar-refractivity contribution >= 4 is 24.0 Å². The number of halogens is 3. The van der Waals surface area contributed by atoms with Crippen LogP contribution in [-0.4, -0.2) is 11.2 Å². The van der Waals surface area contributed by atoms with Gasteiger partial charge < -0.3 is 10.8 Å². The van der Waals surface area contributed by atoms with Gasteiger partial charge in [0.25, 0.3) is 0 Å². The second-order valence-electron chi connectivity index (χ2n) is 5.00. The van der Waals surface area contributed by atoms with E-state index in [9.17, 15) is 9.50 Å². The van der Waals surface area contributed by atoms with Crippen LogP contribution in [0.1, 0.15) is 32.4 Å². The summed E-state index contributed by atoms with van der Waals surface area (Å²) in [5, 5.41) is 10.3. The molecule has 2 atom stereocenters. The van der Waals surface area contributed by atoms with Gasteiger partial charge in [-0.25, -0.2) is 4.39 Å². The molecule has 0 aliphatic heterocycles. The largest absolute Gasteiger partial charge is 0.391 e. The molecule has 2 nitrogen and oxygen atoms in total. The molecule has 17 heavy (non-hydrogen) atoms. The van der Waals surface area contributed by atoms with E-state index in [0.29, 0.717) is 5.56 Å². The minimum atomic E-state index is -0.740. The van der Waals surface area contributed by atoms with Crippen LogP contribution in [0.3, 0.4) is 0 Å². The highest BCUT2D eigenvalue weighted by molar-refractivity contribution is 6.31. The highest BCUT2D eigenvalue weighted by Gasteiger charge is 2.30. The van der Waals surface area contributed by atoms with Gasteiger partial charge in [-0.05, 0) is 23.1 Å². The summed E-state index contributed by atoms with van der Waals surface area (Å²) in [6.07, 6.45) is -0.740. The number of hydrogen-bond acceptors (Lipinski definition) is 2. The molecule has 0 amide bonds. The van der Waals surface area contributed by atoms with Crippen LogP contribution in [0.4, 0.5) is 4.39 Å². The summed E-state index contributed by atoms with van der Waals surface area (Å²) >= 11 is 5.89. The first-order valence-corrected chi connectivity index (χ1v) is 5.50. The van der Waals surface area contributed by atoms with Gasteiger partial charge in [-0.1, -0.05) is 38.4 Å². The average Bonchev–Trinajstić information content (AvgIpc) is 2.14. The van der Waals surface area contributed by atoms with E-state index >= 15 is 0 Å². The fourth-order valence-electron chi connectivity index (χ4n) is 1.48. The van der Waals surface area contributed by atoms with E-state index in [1.54, 1.807) is 0 Å². The van der Waals surface area contributed by atoms with Crippen molar-refractivity contribution < 1.29 is 9.50 Å². The van der Waals surface area contributed by atoms with Crippen molar-refractivity contribution in [1.29, 1.82) is 0 Å². The van der Waals surface area contributed by atoms with Crippen LogP contribution in [0, 0.1) is 11.2 Å². The van der Waals surface area contributed by atoms with Gasteiger partial charge in [-0.2, -0.15) is 0 Å². The molecule has 1 aromatic rings. The van der Waals surface area contributed by atoms with E-state index in [2.05, 4.69) is 0 Å². The van der Waals surface area contributed by atoms with Crippen molar-refractivity contribution in [3.8, 4) is 0 Å². The number of aliphatic hydroxyl groups excluding tert-OH is 1. The molecular weight excluding hydrogens is 264 g/mol. The molecule has 0 heterocycles. The zero-order valence-electron chi connectivity index (χ0n) is 10.1. The van der Waals surface area contributed by atoms with E-state index in [4.69, 9.17) is 17.3 Å². The number of nitrogens with two attached hydrogens (primary N) is 1. The normalized spacial score (nSPS) is 15.0. The van der Waals surface area contributed by atoms with Crippen molar-refractivity contribution in [2.75, 3.05) is 0 Å². The van der Waals surface area contributed by atoms with Gasteiger partial charge in [0.1, 0.15) is 5.82 Å². The minimum Gasteiger partial charge on any atom is -0.391 e. The Balaban J connectivity index is 0.00000256. The van der Waals surface area contributed by atoms with Gasteiger partial charge in [-0.3, -0.25) is 0 Å². The summed E-state index contributed by atoms with van der Waals surface area (Å²) in [7, 11) is 0. The Bertz CT molecular complexity index is 379. The van der Waals surface area contributed by atoms with Crippen LogP contribution in [-0.2, 0) is 0 Å². The summed E-state index contributed by atoms with van der Waals surface area (Å²) in [6, 6.07) is 3.38. The van der Waals surface area contributed by atoms with Crippen LogP contribution < -0.4 is 5.73 Å². The summed E-state index contributed by atoms with van der Waals surface area (Å²) < 4.78 is 12.9. The predicted octanol–water partition coefficient (Wildman–Crippen LogP) is 3.31. The van der Waals surface area contributed by atoms with Crippen molar-refractivity contribution in [2.24, 2.45) is 11.1 Å². The smallest absolute Gasteiger partial charge is 0.124 e. The summed E-state index contributed by atoms with van der Waals surface area (Å²) in [5.74, 6) is -0.411. The molecule has 0 aliphatic rings. The van der Waals surface area contributed by atoms with Crippen LogP contribution >= 0.6 is 24.0 Å².